The Hall–Kier alpha value is -2.05. The van der Waals surface area contributed by atoms with Crippen molar-refractivity contribution in [3.63, 3.8) is 0 Å². The molecule has 3 aromatic rings. The summed E-state index contributed by atoms with van der Waals surface area (Å²) in [6.07, 6.45) is -0.597. The Labute approximate surface area is 168 Å². The second-order valence-electron chi connectivity index (χ2n) is 6.25. The van der Waals surface area contributed by atoms with E-state index in [4.69, 9.17) is 23.2 Å². The molecule has 3 aromatic carbocycles. The van der Waals surface area contributed by atoms with Crippen LogP contribution in [-0.2, 0) is 16.6 Å². The maximum atomic E-state index is 13.4. The summed E-state index contributed by atoms with van der Waals surface area (Å²) in [6, 6.07) is 21.5. The van der Waals surface area contributed by atoms with Crippen molar-refractivity contribution >= 4 is 38.9 Å². The third-order valence-corrected chi connectivity index (χ3v) is 7.10. The van der Waals surface area contributed by atoms with Crippen molar-refractivity contribution in [2.45, 2.75) is 17.6 Å². The zero-order chi connectivity index (χ0) is 19.0. The largest absolute Gasteiger partial charge is 0.364 e. The van der Waals surface area contributed by atoms with Gasteiger partial charge in [-0.05, 0) is 35.4 Å². The lowest BCUT2D eigenvalue weighted by molar-refractivity contribution is 0.336. The summed E-state index contributed by atoms with van der Waals surface area (Å²) in [5.41, 5.74) is 2.18. The highest BCUT2D eigenvalue weighted by molar-refractivity contribution is 7.89. The molecular weight excluding hydrogens is 403 g/mol. The van der Waals surface area contributed by atoms with Gasteiger partial charge in [0.25, 0.3) is 0 Å². The number of benzene rings is 3. The molecule has 1 aliphatic heterocycles. The molecule has 4 nitrogen and oxygen atoms in total. The van der Waals surface area contributed by atoms with Crippen molar-refractivity contribution in [2.24, 2.45) is 0 Å². The number of anilines is 1. The Bertz CT molecular complexity index is 1090. The fourth-order valence-electron chi connectivity index (χ4n) is 3.17. The standard InChI is InChI=1S/C20H16Cl2N2O2S/c21-16-11-10-15(12-17(16)22)20-23-18-8-4-5-9-19(18)27(25,26)24(20)13-14-6-2-1-3-7-14/h1-12,20,23H,13H2/t20-/m1/s1. The molecule has 1 N–H and O–H groups in total. The van der Waals surface area contributed by atoms with E-state index in [0.717, 1.165) is 11.1 Å². The number of sulfonamides is 1. The van der Waals surface area contributed by atoms with E-state index in [2.05, 4.69) is 5.32 Å². The topological polar surface area (TPSA) is 49.4 Å². The predicted octanol–water partition coefficient (Wildman–Crippen LogP) is 5.31. The van der Waals surface area contributed by atoms with Crippen LogP contribution in [0.5, 0.6) is 0 Å². The average Bonchev–Trinajstić information content (AvgIpc) is 2.67. The van der Waals surface area contributed by atoms with Crippen LogP contribution in [0, 0.1) is 0 Å². The van der Waals surface area contributed by atoms with Crippen molar-refractivity contribution in [1.29, 1.82) is 0 Å². The molecule has 0 spiro atoms. The van der Waals surface area contributed by atoms with Gasteiger partial charge in [-0.2, -0.15) is 4.31 Å². The van der Waals surface area contributed by atoms with Gasteiger partial charge in [0.15, 0.2) is 0 Å². The second kappa shape index (κ2) is 7.17. The first-order valence-corrected chi connectivity index (χ1v) is 10.5. The number of halogens is 2. The molecule has 0 bridgehead atoms. The minimum Gasteiger partial charge on any atom is -0.364 e. The molecule has 0 saturated heterocycles. The number of nitrogens with one attached hydrogen (secondary N) is 1. The zero-order valence-corrected chi connectivity index (χ0v) is 16.5. The monoisotopic (exact) mass is 418 g/mol. The molecule has 7 heteroatoms. The summed E-state index contributed by atoms with van der Waals surface area (Å²) in [7, 11) is -3.71. The number of rotatable bonds is 3. The number of hydrogen-bond acceptors (Lipinski definition) is 3. The van der Waals surface area contributed by atoms with Crippen LogP contribution in [0.2, 0.25) is 10.0 Å². The van der Waals surface area contributed by atoms with Gasteiger partial charge in [0, 0.05) is 6.54 Å². The van der Waals surface area contributed by atoms with Gasteiger partial charge in [0.1, 0.15) is 11.1 Å². The first-order valence-electron chi connectivity index (χ1n) is 8.33. The van der Waals surface area contributed by atoms with Crippen molar-refractivity contribution in [3.05, 3.63) is 94.0 Å². The number of para-hydroxylation sites is 1. The van der Waals surface area contributed by atoms with E-state index >= 15 is 0 Å². The third-order valence-electron chi connectivity index (χ3n) is 4.49. The van der Waals surface area contributed by atoms with Gasteiger partial charge in [-0.25, -0.2) is 8.42 Å². The quantitative estimate of drug-likeness (QED) is 0.626. The number of nitrogens with zero attached hydrogens (tertiary/aromatic N) is 1. The molecule has 138 valence electrons. The van der Waals surface area contributed by atoms with E-state index in [1.807, 2.05) is 30.3 Å². The molecule has 0 aromatic heterocycles. The number of fused-ring (bicyclic) bond motifs is 1. The molecule has 1 heterocycles. The minimum atomic E-state index is -3.71. The second-order valence-corrected chi connectivity index (χ2v) is 8.93. The van der Waals surface area contributed by atoms with E-state index in [0.29, 0.717) is 15.7 Å². The summed E-state index contributed by atoms with van der Waals surface area (Å²) < 4.78 is 28.2. The van der Waals surface area contributed by atoms with Crippen LogP contribution in [-0.4, -0.2) is 12.7 Å². The molecule has 0 saturated carbocycles. The average molecular weight is 419 g/mol. The normalized spacial score (nSPS) is 18.5. The summed E-state index contributed by atoms with van der Waals surface area (Å²) in [5, 5.41) is 4.14. The molecule has 1 aliphatic rings. The van der Waals surface area contributed by atoms with Crippen LogP contribution in [0.25, 0.3) is 0 Å². The molecule has 0 fully saturated rings. The molecule has 27 heavy (non-hydrogen) atoms. The van der Waals surface area contributed by atoms with Crippen LogP contribution < -0.4 is 5.32 Å². The van der Waals surface area contributed by atoms with Gasteiger partial charge in [-0.3, -0.25) is 0 Å². The van der Waals surface area contributed by atoms with E-state index in [9.17, 15) is 8.42 Å². The summed E-state index contributed by atoms with van der Waals surface area (Å²) in [5.74, 6) is 0. The summed E-state index contributed by atoms with van der Waals surface area (Å²) >= 11 is 12.2. The van der Waals surface area contributed by atoms with Gasteiger partial charge in [-0.1, -0.05) is 71.7 Å². The van der Waals surface area contributed by atoms with Crippen LogP contribution in [0.1, 0.15) is 17.3 Å². The van der Waals surface area contributed by atoms with E-state index < -0.39 is 16.2 Å². The highest BCUT2D eigenvalue weighted by Gasteiger charge is 2.38. The number of hydrogen-bond donors (Lipinski definition) is 1. The maximum absolute atomic E-state index is 13.4. The van der Waals surface area contributed by atoms with Crippen molar-refractivity contribution < 1.29 is 8.42 Å². The summed E-state index contributed by atoms with van der Waals surface area (Å²) in [6.45, 7) is 0.232. The lowest BCUT2D eigenvalue weighted by Gasteiger charge is -2.37. The molecule has 0 aliphatic carbocycles. The lowest BCUT2D eigenvalue weighted by atomic mass is 10.1. The minimum absolute atomic E-state index is 0.232. The van der Waals surface area contributed by atoms with Gasteiger partial charge in [0.05, 0.1) is 15.7 Å². The van der Waals surface area contributed by atoms with Crippen LogP contribution in [0.15, 0.2) is 77.7 Å². The van der Waals surface area contributed by atoms with Crippen LogP contribution in [0.3, 0.4) is 0 Å². The Morgan fingerprint density at radius 3 is 2.33 bits per heavy atom. The smallest absolute Gasteiger partial charge is 0.247 e. The van der Waals surface area contributed by atoms with Crippen LogP contribution >= 0.6 is 23.2 Å². The van der Waals surface area contributed by atoms with Crippen LogP contribution in [0.4, 0.5) is 5.69 Å². The molecule has 0 unspecified atom stereocenters. The Kier molecular flexibility index (Phi) is 4.86. The Balaban J connectivity index is 1.85. The first-order chi connectivity index (χ1) is 13.0. The zero-order valence-electron chi connectivity index (χ0n) is 14.1. The Morgan fingerprint density at radius 1 is 0.889 bits per heavy atom. The summed E-state index contributed by atoms with van der Waals surface area (Å²) in [4.78, 5) is 0.261. The van der Waals surface area contributed by atoms with Gasteiger partial charge >= 0.3 is 0 Å². The maximum Gasteiger partial charge on any atom is 0.247 e. The van der Waals surface area contributed by atoms with E-state index in [1.54, 1.807) is 42.5 Å². The highest BCUT2D eigenvalue weighted by Crippen LogP contribution is 2.40. The van der Waals surface area contributed by atoms with Gasteiger partial charge in [-0.15, -0.1) is 0 Å². The van der Waals surface area contributed by atoms with Crippen molar-refractivity contribution in [3.8, 4) is 0 Å². The Morgan fingerprint density at radius 2 is 1.59 bits per heavy atom. The molecular formula is C20H16Cl2N2O2S. The third kappa shape index (κ3) is 3.44. The van der Waals surface area contributed by atoms with Gasteiger partial charge < -0.3 is 5.32 Å². The predicted molar refractivity (Wildman–Crippen MR) is 108 cm³/mol. The molecule has 1 atom stereocenters. The van der Waals surface area contributed by atoms with E-state index in [-0.39, 0.29) is 11.4 Å². The SMILES string of the molecule is O=S1(=O)c2ccccc2N[C@@H](c2ccc(Cl)c(Cl)c2)N1Cc1ccccc1. The fraction of sp³-hybridized carbons (Fsp3) is 0.100. The highest BCUT2D eigenvalue weighted by atomic mass is 35.5. The van der Waals surface area contributed by atoms with Crippen molar-refractivity contribution in [1.82, 2.24) is 4.31 Å². The fourth-order valence-corrected chi connectivity index (χ4v) is 5.15. The molecule has 4 rings (SSSR count). The lowest BCUT2D eigenvalue weighted by Crippen LogP contribution is -2.42. The van der Waals surface area contributed by atoms with Crippen molar-refractivity contribution in [2.75, 3.05) is 5.32 Å². The van der Waals surface area contributed by atoms with E-state index in [1.165, 1.54) is 4.31 Å². The first kappa shape index (κ1) is 18.3. The molecule has 0 radical (unpaired) electrons. The van der Waals surface area contributed by atoms with Gasteiger partial charge in [0.2, 0.25) is 10.0 Å². The molecule has 0 amide bonds.